The van der Waals surface area contributed by atoms with E-state index in [1.165, 1.54) is 44.9 Å². The Kier molecular flexibility index (Phi) is 3.10. The number of unbranched alkanes of at least 4 members (excludes halogenated alkanes) is 2. The Balaban J connectivity index is 1.80. The van der Waals surface area contributed by atoms with Gasteiger partial charge in [-0.05, 0) is 25.2 Å². The Morgan fingerprint density at radius 3 is 2.44 bits per heavy atom. The highest BCUT2D eigenvalue weighted by Gasteiger charge is 2.16. The maximum absolute atomic E-state index is 2.27. The lowest BCUT2D eigenvalue weighted by Gasteiger charge is -2.24. The first kappa shape index (κ1) is 7.11. The Morgan fingerprint density at radius 1 is 1.22 bits per heavy atom. The lowest BCUT2D eigenvalue weighted by Crippen LogP contribution is -2.07. The molecule has 0 atom stereocenters. The van der Waals surface area contributed by atoms with Crippen LogP contribution in [0.4, 0.5) is 0 Å². The molecule has 0 aromatic heterocycles. The molecule has 1 aliphatic rings. The minimum Gasteiger partial charge on any atom is -0.0654 e. The van der Waals surface area contributed by atoms with E-state index in [-0.39, 0.29) is 0 Å². The smallest absolute Gasteiger partial charge is 0.0241 e. The Bertz CT molecular complexity index is 62.4. The highest BCUT2D eigenvalue weighted by Crippen LogP contribution is 2.33. The molecule has 1 aliphatic carbocycles. The molecular formula is C9H17. The van der Waals surface area contributed by atoms with Crippen molar-refractivity contribution in [3.8, 4) is 0 Å². The first-order chi connectivity index (χ1) is 4.43. The van der Waals surface area contributed by atoms with Crippen molar-refractivity contribution < 1.29 is 0 Å². The standard InChI is InChI=1S/C9H17/c1-2-3-4-6-9-7-5-8-9/h2-8H2,1H3. The average Bonchev–Trinajstić information content (AvgIpc) is 1.76. The van der Waals surface area contributed by atoms with Crippen molar-refractivity contribution in [1.82, 2.24) is 0 Å². The molecule has 0 N–H and O–H groups in total. The van der Waals surface area contributed by atoms with Gasteiger partial charge in [-0.2, -0.15) is 0 Å². The molecule has 9 heavy (non-hydrogen) atoms. The van der Waals surface area contributed by atoms with Crippen LogP contribution in [0, 0.1) is 5.92 Å². The van der Waals surface area contributed by atoms with Gasteiger partial charge in [-0.1, -0.05) is 32.6 Å². The van der Waals surface area contributed by atoms with E-state index >= 15 is 0 Å². The number of rotatable bonds is 4. The third-order valence-electron chi connectivity index (χ3n) is 2.19. The first-order valence-corrected chi connectivity index (χ1v) is 4.27. The monoisotopic (exact) mass is 125 g/mol. The second-order valence-electron chi connectivity index (χ2n) is 3.06. The maximum Gasteiger partial charge on any atom is -0.0241 e. The summed E-state index contributed by atoms with van der Waals surface area (Å²) >= 11 is 0. The summed E-state index contributed by atoms with van der Waals surface area (Å²) in [6.07, 6.45) is 10.1. The molecule has 0 heteroatoms. The highest BCUT2D eigenvalue weighted by atomic mass is 14.2. The fourth-order valence-electron chi connectivity index (χ4n) is 1.30. The van der Waals surface area contributed by atoms with Gasteiger partial charge < -0.3 is 0 Å². The van der Waals surface area contributed by atoms with Crippen molar-refractivity contribution in [2.45, 2.75) is 51.9 Å². The van der Waals surface area contributed by atoms with Crippen molar-refractivity contribution in [3.63, 3.8) is 0 Å². The zero-order valence-electron chi connectivity index (χ0n) is 6.45. The average molecular weight is 125 g/mol. The van der Waals surface area contributed by atoms with Gasteiger partial charge in [-0.3, -0.25) is 0 Å². The lowest BCUT2D eigenvalue weighted by molar-refractivity contribution is 0.487. The summed E-state index contributed by atoms with van der Waals surface area (Å²) in [6.45, 7) is 2.27. The van der Waals surface area contributed by atoms with E-state index in [1.807, 2.05) is 5.92 Å². The Hall–Kier alpha value is 0. The van der Waals surface area contributed by atoms with Gasteiger partial charge in [0.15, 0.2) is 0 Å². The van der Waals surface area contributed by atoms with Gasteiger partial charge in [-0.25, -0.2) is 0 Å². The van der Waals surface area contributed by atoms with Crippen molar-refractivity contribution in [2.75, 3.05) is 0 Å². The van der Waals surface area contributed by atoms with Crippen LogP contribution in [0.3, 0.4) is 0 Å². The topological polar surface area (TPSA) is 0 Å². The van der Waals surface area contributed by atoms with Crippen LogP contribution in [0.1, 0.15) is 51.9 Å². The second kappa shape index (κ2) is 3.92. The third-order valence-corrected chi connectivity index (χ3v) is 2.19. The molecule has 0 bridgehead atoms. The summed E-state index contributed by atoms with van der Waals surface area (Å²) in [5, 5.41) is 0. The van der Waals surface area contributed by atoms with Crippen LogP contribution in [-0.4, -0.2) is 0 Å². The molecule has 0 aromatic rings. The fourth-order valence-corrected chi connectivity index (χ4v) is 1.30. The van der Waals surface area contributed by atoms with Gasteiger partial charge in [-0.15, -0.1) is 0 Å². The van der Waals surface area contributed by atoms with Gasteiger partial charge in [0.25, 0.3) is 0 Å². The van der Waals surface area contributed by atoms with Crippen LogP contribution in [0.25, 0.3) is 0 Å². The minimum absolute atomic E-state index is 1.37. The Morgan fingerprint density at radius 2 is 2.00 bits per heavy atom. The van der Waals surface area contributed by atoms with Crippen LogP contribution in [0.5, 0.6) is 0 Å². The van der Waals surface area contributed by atoms with Gasteiger partial charge in [0, 0.05) is 0 Å². The van der Waals surface area contributed by atoms with Crippen LogP contribution < -0.4 is 0 Å². The molecule has 53 valence electrons. The van der Waals surface area contributed by atoms with Gasteiger partial charge >= 0.3 is 0 Å². The first-order valence-electron chi connectivity index (χ1n) is 4.27. The van der Waals surface area contributed by atoms with E-state index in [0.717, 1.165) is 0 Å². The molecule has 0 spiro atoms. The predicted octanol–water partition coefficient (Wildman–Crippen LogP) is 3.33. The quantitative estimate of drug-likeness (QED) is 0.505. The van der Waals surface area contributed by atoms with E-state index < -0.39 is 0 Å². The molecule has 1 rings (SSSR count). The molecule has 0 saturated heterocycles. The zero-order chi connectivity index (χ0) is 6.53. The van der Waals surface area contributed by atoms with Crippen molar-refractivity contribution in [2.24, 2.45) is 0 Å². The molecule has 0 aromatic carbocycles. The Labute approximate surface area is 58.7 Å². The van der Waals surface area contributed by atoms with Gasteiger partial charge in [0.1, 0.15) is 0 Å². The van der Waals surface area contributed by atoms with Gasteiger partial charge in [0.05, 0.1) is 0 Å². The number of hydrogen-bond acceptors (Lipinski definition) is 0. The van der Waals surface area contributed by atoms with E-state index in [1.54, 1.807) is 0 Å². The SMILES string of the molecule is CCCCC[C]1CCC1. The molecule has 0 amide bonds. The predicted molar refractivity (Wildman–Crippen MR) is 41.2 cm³/mol. The van der Waals surface area contributed by atoms with Gasteiger partial charge in [0.2, 0.25) is 0 Å². The molecule has 0 aliphatic heterocycles. The van der Waals surface area contributed by atoms with Crippen LogP contribution >= 0.6 is 0 Å². The summed E-state index contributed by atoms with van der Waals surface area (Å²) in [6, 6.07) is 0. The fraction of sp³-hybridized carbons (Fsp3) is 0.889. The summed E-state index contributed by atoms with van der Waals surface area (Å²) in [5.74, 6) is 1.84. The van der Waals surface area contributed by atoms with Crippen molar-refractivity contribution in [1.29, 1.82) is 0 Å². The molecule has 1 saturated carbocycles. The molecular weight excluding hydrogens is 108 g/mol. The zero-order valence-corrected chi connectivity index (χ0v) is 6.45. The lowest BCUT2D eigenvalue weighted by atomic mass is 9.82. The molecule has 0 nitrogen and oxygen atoms in total. The normalized spacial score (nSPS) is 19.7. The van der Waals surface area contributed by atoms with E-state index in [0.29, 0.717) is 0 Å². The largest absolute Gasteiger partial charge is 0.0654 e. The summed E-state index contributed by atoms with van der Waals surface area (Å²) in [7, 11) is 0. The van der Waals surface area contributed by atoms with Crippen LogP contribution in [-0.2, 0) is 0 Å². The minimum atomic E-state index is 1.37. The van der Waals surface area contributed by atoms with Crippen LogP contribution in [0.15, 0.2) is 0 Å². The van der Waals surface area contributed by atoms with E-state index in [2.05, 4.69) is 6.92 Å². The van der Waals surface area contributed by atoms with Crippen molar-refractivity contribution in [3.05, 3.63) is 5.92 Å². The highest BCUT2D eigenvalue weighted by molar-refractivity contribution is 4.97. The van der Waals surface area contributed by atoms with Crippen LogP contribution in [0.2, 0.25) is 0 Å². The third kappa shape index (κ3) is 2.38. The van der Waals surface area contributed by atoms with Crippen molar-refractivity contribution >= 4 is 0 Å². The molecule has 1 radical (unpaired) electrons. The maximum atomic E-state index is 2.27. The molecule has 1 fully saturated rings. The number of hydrogen-bond donors (Lipinski definition) is 0. The van der Waals surface area contributed by atoms with E-state index in [9.17, 15) is 0 Å². The van der Waals surface area contributed by atoms with E-state index in [4.69, 9.17) is 0 Å². The molecule has 0 heterocycles. The summed E-state index contributed by atoms with van der Waals surface area (Å²) in [4.78, 5) is 0. The second-order valence-corrected chi connectivity index (χ2v) is 3.06. The summed E-state index contributed by atoms with van der Waals surface area (Å²) in [5.41, 5.74) is 0. The summed E-state index contributed by atoms with van der Waals surface area (Å²) < 4.78 is 0. The molecule has 0 unspecified atom stereocenters.